The number of aromatic nitrogens is 4. The Kier molecular flexibility index (Phi) is 3.58. The van der Waals surface area contributed by atoms with Crippen LogP contribution in [-0.4, -0.2) is 37.7 Å². The van der Waals surface area contributed by atoms with Crippen molar-refractivity contribution in [2.24, 2.45) is 5.84 Å². The highest BCUT2D eigenvalue weighted by Crippen LogP contribution is 2.24. The van der Waals surface area contributed by atoms with Crippen molar-refractivity contribution < 1.29 is 0 Å². The summed E-state index contributed by atoms with van der Waals surface area (Å²) >= 11 is 1.79. The van der Waals surface area contributed by atoms with Gasteiger partial charge < -0.3 is 5.32 Å². The van der Waals surface area contributed by atoms with Gasteiger partial charge in [0.05, 0.1) is 11.6 Å². The highest BCUT2D eigenvalue weighted by molar-refractivity contribution is 7.99. The van der Waals surface area contributed by atoms with E-state index in [1.165, 1.54) is 0 Å². The average molecular weight is 267 g/mol. The highest BCUT2D eigenvalue weighted by Gasteiger charge is 2.17. The number of nitrogens with one attached hydrogen (secondary N) is 3. The summed E-state index contributed by atoms with van der Waals surface area (Å²) in [5, 5.41) is 10.9. The number of anilines is 2. The number of aromatic amines is 1. The van der Waals surface area contributed by atoms with Gasteiger partial charge in [-0.05, 0) is 20.1 Å². The molecule has 0 unspecified atom stereocenters. The second-order valence-electron chi connectivity index (χ2n) is 4.49. The number of nitrogens with two attached hydrogens (primary N) is 1. The standard InChI is InChI=1S/C10H17N7S/c1-10(2,18-3)5-12-7-6-4-13-17-8(6)15-9(14-7)16-11/h4H,5,11H2,1-3H3,(H3,12,13,14,15,16,17). The fourth-order valence-electron chi connectivity index (χ4n) is 1.40. The molecular weight excluding hydrogens is 250 g/mol. The fourth-order valence-corrected chi connectivity index (χ4v) is 1.62. The zero-order valence-corrected chi connectivity index (χ0v) is 11.4. The summed E-state index contributed by atoms with van der Waals surface area (Å²) in [5.74, 6) is 6.43. The molecule has 0 aliphatic carbocycles. The van der Waals surface area contributed by atoms with Crippen LogP contribution in [0.15, 0.2) is 6.20 Å². The molecule has 0 fully saturated rings. The van der Waals surface area contributed by atoms with Gasteiger partial charge in [-0.15, -0.1) is 0 Å². The maximum atomic E-state index is 5.35. The van der Waals surface area contributed by atoms with Crippen LogP contribution in [0.2, 0.25) is 0 Å². The van der Waals surface area contributed by atoms with Gasteiger partial charge in [-0.25, -0.2) is 5.84 Å². The summed E-state index contributed by atoms with van der Waals surface area (Å²) in [4.78, 5) is 8.47. The van der Waals surface area contributed by atoms with Crippen LogP contribution in [0.3, 0.4) is 0 Å². The Morgan fingerprint density at radius 2 is 2.22 bits per heavy atom. The predicted octanol–water partition coefficient (Wildman–Crippen LogP) is 1.19. The molecule has 0 atom stereocenters. The van der Waals surface area contributed by atoms with E-state index >= 15 is 0 Å². The molecule has 98 valence electrons. The fraction of sp³-hybridized carbons (Fsp3) is 0.500. The van der Waals surface area contributed by atoms with Crippen molar-refractivity contribution in [2.75, 3.05) is 23.5 Å². The first-order valence-electron chi connectivity index (χ1n) is 5.52. The molecule has 2 rings (SSSR count). The maximum Gasteiger partial charge on any atom is 0.241 e. The second kappa shape index (κ2) is 4.99. The van der Waals surface area contributed by atoms with Crippen molar-refractivity contribution in [3.63, 3.8) is 0 Å². The Balaban J connectivity index is 2.28. The van der Waals surface area contributed by atoms with Gasteiger partial charge in [0.25, 0.3) is 0 Å². The van der Waals surface area contributed by atoms with E-state index in [1.807, 2.05) is 0 Å². The van der Waals surface area contributed by atoms with E-state index in [1.54, 1.807) is 18.0 Å². The number of thioether (sulfide) groups is 1. The largest absolute Gasteiger partial charge is 0.368 e. The van der Waals surface area contributed by atoms with Gasteiger partial charge in [0.15, 0.2) is 5.65 Å². The van der Waals surface area contributed by atoms with Crippen LogP contribution in [0.4, 0.5) is 11.8 Å². The molecule has 0 aromatic carbocycles. The number of H-pyrrole nitrogens is 1. The lowest BCUT2D eigenvalue weighted by molar-refractivity contribution is 0.751. The monoisotopic (exact) mass is 267 g/mol. The van der Waals surface area contributed by atoms with Gasteiger partial charge >= 0.3 is 0 Å². The summed E-state index contributed by atoms with van der Waals surface area (Å²) in [6.07, 6.45) is 3.78. The molecule has 2 aromatic rings. The minimum absolute atomic E-state index is 0.122. The Morgan fingerprint density at radius 1 is 1.44 bits per heavy atom. The van der Waals surface area contributed by atoms with Crippen molar-refractivity contribution >= 4 is 34.6 Å². The summed E-state index contributed by atoms with van der Waals surface area (Å²) in [6, 6.07) is 0. The lowest BCUT2D eigenvalue weighted by Gasteiger charge is -2.22. The molecule has 7 nitrogen and oxygen atoms in total. The van der Waals surface area contributed by atoms with E-state index in [9.17, 15) is 0 Å². The Bertz CT molecular complexity index is 536. The third kappa shape index (κ3) is 2.65. The lowest BCUT2D eigenvalue weighted by Crippen LogP contribution is -2.26. The molecule has 18 heavy (non-hydrogen) atoms. The maximum absolute atomic E-state index is 5.35. The van der Waals surface area contributed by atoms with Crippen LogP contribution >= 0.6 is 11.8 Å². The Labute approximate surface area is 109 Å². The van der Waals surface area contributed by atoms with Crippen LogP contribution in [-0.2, 0) is 0 Å². The third-order valence-corrected chi connectivity index (χ3v) is 3.92. The first-order valence-corrected chi connectivity index (χ1v) is 6.75. The lowest BCUT2D eigenvalue weighted by atomic mass is 10.2. The van der Waals surface area contributed by atoms with Crippen LogP contribution in [0.5, 0.6) is 0 Å². The SMILES string of the molecule is CSC(C)(C)CNc1nc(NN)nc2[nH]ncc12. The highest BCUT2D eigenvalue weighted by atomic mass is 32.2. The van der Waals surface area contributed by atoms with E-state index in [4.69, 9.17) is 5.84 Å². The number of rotatable bonds is 5. The van der Waals surface area contributed by atoms with Crippen molar-refractivity contribution in [1.29, 1.82) is 0 Å². The molecule has 0 aliphatic rings. The first kappa shape index (κ1) is 12.9. The van der Waals surface area contributed by atoms with Gasteiger partial charge in [-0.1, -0.05) is 0 Å². The smallest absolute Gasteiger partial charge is 0.241 e. The molecule has 2 heterocycles. The number of nitrogens with zero attached hydrogens (tertiary/aromatic N) is 3. The predicted molar refractivity (Wildman–Crippen MR) is 75.6 cm³/mol. The van der Waals surface area contributed by atoms with Gasteiger partial charge in [-0.3, -0.25) is 10.5 Å². The van der Waals surface area contributed by atoms with E-state index in [0.29, 0.717) is 11.6 Å². The molecule has 0 bridgehead atoms. The topological polar surface area (TPSA) is 105 Å². The number of nitrogen functional groups attached to an aromatic ring is 1. The third-order valence-electron chi connectivity index (χ3n) is 2.67. The van der Waals surface area contributed by atoms with Crippen LogP contribution in [0.25, 0.3) is 11.0 Å². The number of hydrazine groups is 1. The molecule has 8 heteroatoms. The quantitative estimate of drug-likeness (QED) is 0.476. The molecular formula is C10H17N7S. The van der Waals surface area contributed by atoms with Crippen LogP contribution < -0.4 is 16.6 Å². The minimum atomic E-state index is 0.122. The molecule has 5 N–H and O–H groups in total. The number of fused-ring (bicyclic) bond motifs is 1. The van der Waals surface area contributed by atoms with Crippen molar-refractivity contribution in [3.05, 3.63) is 6.20 Å². The number of hydrogen-bond donors (Lipinski definition) is 4. The molecule has 0 saturated heterocycles. The van der Waals surface area contributed by atoms with Crippen LogP contribution in [0.1, 0.15) is 13.8 Å². The normalized spacial score (nSPS) is 11.8. The average Bonchev–Trinajstić information content (AvgIpc) is 2.84. The zero-order valence-electron chi connectivity index (χ0n) is 10.6. The number of hydrogen-bond acceptors (Lipinski definition) is 7. The summed E-state index contributed by atoms with van der Waals surface area (Å²) in [5.41, 5.74) is 3.10. The van der Waals surface area contributed by atoms with E-state index < -0.39 is 0 Å². The minimum Gasteiger partial charge on any atom is -0.368 e. The van der Waals surface area contributed by atoms with Crippen molar-refractivity contribution in [2.45, 2.75) is 18.6 Å². The van der Waals surface area contributed by atoms with Gasteiger partial charge in [0, 0.05) is 11.3 Å². The molecule has 2 aromatic heterocycles. The van der Waals surface area contributed by atoms with E-state index in [-0.39, 0.29) is 4.75 Å². The summed E-state index contributed by atoms with van der Waals surface area (Å²) in [6.45, 7) is 5.12. The molecule has 0 aliphatic heterocycles. The first-order chi connectivity index (χ1) is 8.55. The molecule has 0 amide bonds. The Hall–Kier alpha value is -1.54. The van der Waals surface area contributed by atoms with Gasteiger partial charge in [0.1, 0.15) is 5.82 Å². The van der Waals surface area contributed by atoms with Gasteiger partial charge in [0.2, 0.25) is 5.95 Å². The summed E-state index contributed by atoms with van der Waals surface area (Å²) < 4.78 is 0.122. The van der Waals surface area contributed by atoms with E-state index in [2.05, 4.69) is 51.0 Å². The molecule has 0 spiro atoms. The summed E-state index contributed by atoms with van der Waals surface area (Å²) in [7, 11) is 0. The Morgan fingerprint density at radius 3 is 2.89 bits per heavy atom. The van der Waals surface area contributed by atoms with Crippen molar-refractivity contribution in [3.8, 4) is 0 Å². The van der Waals surface area contributed by atoms with Gasteiger partial charge in [-0.2, -0.15) is 26.8 Å². The second-order valence-corrected chi connectivity index (χ2v) is 6.00. The van der Waals surface area contributed by atoms with Crippen molar-refractivity contribution in [1.82, 2.24) is 20.2 Å². The molecule has 0 radical (unpaired) electrons. The zero-order chi connectivity index (χ0) is 13.2. The van der Waals surface area contributed by atoms with Crippen LogP contribution in [0, 0.1) is 0 Å². The molecule has 0 saturated carbocycles. The van der Waals surface area contributed by atoms with E-state index in [0.717, 1.165) is 17.7 Å².